The average molecular weight is 573 g/mol. The molecule has 220 valence electrons. The van der Waals surface area contributed by atoms with Crippen LogP contribution in [0.25, 0.3) is 11.3 Å². The predicted octanol–water partition coefficient (Wildman–Crippen LogP) is 3.96. The third-order valence-corrected chi connectivity index (χ3v) is 6.98. The lowest BCUT2D eigenvalue weighted by Crippen LogP contribution is -2.41. The van der Waals surface area contributed by atoms with Gasteiger partial charge < -0.3 is 29.7 Å². The second kappa shape index (κ2) is 14.4. The van der Waals surface area contributed by atoms with Gasteiger partial charge in [-0.15, -0.1) is 0 Å². The van der Waals surface area contributed by atoms with Crippen molar-refractivity contribution in [2.24, 2.45) is 0 Å². The van der Waals surface area contributed by atoms with Crippen LogP contribution in [0.15, 0.2) is 72.8 Å². The molecule has 0 atom stereocenters. The maximum absolute atomic E-state index is 13.2. The molecule has 2 amide bonds. The Labute approximate surface area is 245 Å². The lowest BCUT2D eigenvalue weighted by Gasteiger charge is -2.25. The van der Waals surface area contributed by atoms with Gasteiger partial charge in [0, 0.05) is 51.3 Å². The zero-order chi connectivity index (χ0) is 30.1. The summed E-state index contributed by atoms with van der Waals surface area (Å²) in [6.45, 7) is 2.53. The summed E-state index contributed by atoms with van der Waals surface area (Å²) in [6, 6.07) is 22.0. The quantitative estimate of drug-likeness (QED) is 0.234. The van der Waals surface area contributed by atoms with Crippen molar-refractivity contribution in [3.63, 3.8) is 0 Å². The number of carbonyl (C=O) groups excluding carboxylic acids is 3. The van der Waals surface area contributed by atoms with E-state index in [4.69, 9.17) is 14.2 Å². The predicted molar refractivity (Wildman–Crippen MR) is 163 cm³/mol. The number of ether oxygens (including phenoxy) is 3. The molecule has 0 aliphatic carbocycles. The molecule has 1 aliphatic heterocycles. The number of hydrogen-bond acceptors (Lipinski definition) is 8. The highest BCUT2D eigenvalue weighted by atomic mass is 16.5. The average Bonchev–Trinajstić information content (AvgIpc) is 3.35. The van der Waals surface area contributed by atoms with Crippen LogP contribution in [-0.4, -0.2) is 83.9 Å². The van der Waals surface area contributed by atoms with Gasteiger partial charge in [-0.2, -0.15) is 0 Å². The molecule has 10 heteroatoms. The summed E-state index contributed by atoms with van der Waals surface area (Å²) in [6.07, 6.45) is 0. The van der Waals surface area contributed by atoms with Gasteiger partial charge in [0.15, 0.2) is 0 Å². The fraction of sp³-hybridized carbons (Fsp3) is 0.281. The van der Waals surface area contributed by atoms with Crippen LogP contribution < -0.4 is 15.5 Å². The summed E-state index contributed by atoms with van der Waals surface area (Å²) in [5.41, 5.74) is 4.91. The molecule has 0 aromatic heterocycles. The van der Waals surface area contributed by atoms with Gasteiger partial charge >= 0.3 is 5.97 Å². The van der Waals surface area contributed by atoms with E-state index in [1.165, 1.54) is 7.11 Å². The molecular weight excluding hydrogens is 536 g/mol. The molecule has 0 radical (unpaired) electrons. The maximum Gasteiger partial charge on any atom is 0.337 e. The Morgan fingerprint density at radius 2 is 1.52 bits per heavy atom. The molecule has 1 aliphatic rings. The molecule has 0 fully saturated rings. The normalized spacial score (nSPS) is 13.4. The molecule has 0 saturated heterocycles. The Balaban J connectivity index is 1.58. The second-order valence-corrected chi connectivity index (χ2v) is 9.71. The number of nitrogens with zero attached hydrogens (tertiary/aromatic N) is 2. The van der Waals surface area contributed by atoms with Crippen molar-refractivity contribution in [1.82, 2.24) is 4.90 Å². The van der Waals surface area contributed by atoms with Gasteiger partial charge in [-0.1, -0.05) is 36.4 Å². The van der Waals surface area contributed by atoms with Crippen molar-refractivity contribution in [2.75, 3.05) is 76.8 Å². The van der Waals surface area contributed by atoms with E-state index in [9.17, 15) is 14.4 Å². The van der Waals surface area contributed by atoms with E-state index in [-0.39, 0.29) is 18.4 Å². The van der Waals surface area contributed by atoms with E-state index >= 15 is 0 Å². The van der Waals surface area contributed by atoms with Crippen LogP contribution >= 0.6 is 0 Å². The number of rotatable bonds is 13. The molecule has 1 heterocycles. The largest absolute Gasteiger partial charge is 0.465 e. The number of amides is 2. The van der Waals surface area contributed by atoms with Crippen molar-refractivity contribution in [3.8, 4) is 0 Å². The first-order valence-electron chi connectivity index (χ1n) is 13.5. The monoisotopic (exact) mass is 572 g/mol. The van der Waals surface area contributed by atoms with Crippen molar-refractivity contribution in [2.45, 2.75) is 0 Å². The minimum absolute atomic E-state index is 0.0550. The van der Waals surface area contributed by atoms with Crippen molar-refractivity contribution in [3.05, 3.63) is 89.5 Å². The fourth-order valence-electron chi connectivity index (χ4n) is 4.61. The van der Waals surface area contributed by atoms with Gasteiger partial charge in [-0.3, -0.25) is 14.5 Å². The fourth-order valence-corrected chi connectivity index (χ4v) is 4.61. The number of carbonyl (C=O) groups is 3. The number of fused-ring (bicyclic) bond motifs is 1. The highest BCUT2D eigenvalue weighted by molar-refractivity contribution is 6.37. The van der Waals surface area contributed by atoms with E-state index in [2.05, 4.69) is 10.6 Å². The summed E-state index contributed by atoms with van der Waals surface area (Å²) in [5.74, 6) is -0.820. The van der Waals surface area contributed by atoms with Crippen LogP contribution in [0.1, 0.15) is 21.5 Å². The number of nitrogens with one attached hydrogen (secondary N) is 2. The summed E-state index contributed by atoms with van der Waals surface area (Å²) >= 11 is 0. The summed E-state index contributed by atoms with van der Waals surface area (Å²) in [4.78, 5) is 41.9. The maximum atomic E-state index is 13.2. The van der Waals surface area contributed by atoms with Crippen LogP contribution in [0.5, 0.6) is 0 Å². The number of methoxy groups -OCH3 is 3. The number of benzene rings is 3. The minimum atomic E-state index is -0.480. The van der Waals surface area contributed by atoms with Crippen LogP contribution in [-0.2, 0) is 23.8 Å². The van der Waals surface area contributed by atoms with E-state index in [1.54, 1.807) is 44.4 Å². The lowest BCUT2D eigenvalue weighted by atomic mass is 9.99. The Morgan fingerprint density at radius 1 is 0.857 bits per heavy atom. The summed E-state index contributed by atoms with van der Waals surface area (Å²) in [7, 11) is 6.33. The topological polar surface area (TPSA) is 109 Å². The SMILES string of the molecule is COCCN(CCOC)CC(=O)N(C)c1ccc(N/C(=C2\C(=O)Nc3cc(C(=O)OC)ccc32)c2ccccc2)cc1. The van der Waals surface area contributed by atoms with Crippen molar-refractivity contribution < 1.29 is 28.6 Å². The van der Waals surface area contributed by atoms with Gasteiger partial charge in [0.25, 0.3) is 5.91 Å². The Morgan fingerprint density at radius 3 is 2.14 bits per heavy atom. The van der Waals surface area contributed by atoms with Crippen LogP contribution in [0.2, 0.25) is 0 Å². The van der Waals surface area contributed by atoms with Crippen LogP contribution in [0.4, 0.5) is 17.1 Å². The molecule has 0 spiro atoms. The van der Waals surface area contributed by atoms with Gasteiger partial charge in [0.05, 0.1) is 49.4 Å². The van der Waals surface area contributed by atoms with Gasteiger partial charge in [0.2, 0.25) is 5.91 Å². The second-order valence-electron chi connectivity index (χ2n) is 9.71. The van der Waals surface area contributed by atoms with E-state index < -0.39 is 5.97 Å². The smallest absolute Gasteiger partial charge is 0.337 e. The molecule has 0 unspecified atom stereocenters. The minimum Gasteiger partial charge on any atom is -0.465 e. The Kier molecular flexibility index (Phi) is 10.4. The Bertz CT molecular complexity index is 1430. The molecule has 0 bridgehead atoms. The first kappa shape index (κ1) is 30.4. The van der Waals surface area contributed by atoms with E-state index in [0.29, 0.717) is 54.4 Å². The summed E-state index contributed by atoms with van der Waals surface area (Å²) in [5, 5.41) is 6.29. The molecule has 0 saturated carbocycles. The lowest BCUT2D eigenvalue weighted by molar-refractivity contribution is -0.119. The van der Waals surface area contributed by atoms with Crippen molar-refractivity contribution >= 4 is 46.1 Å². The van der Waals surface area contributed by atoms with E-state index in [0.717, 1.165) is 16.9 Å². The molecule has 2 N–H and O–H groups in total. The van der Waals surface area contributed by atoms with Crippen molar-refractivity contribution in [1.29, 1.82) is 0 Å². The Hall–Kier alpha value is -4.51. The number of esters is 1. The molecule has 4 rings (SSSR count). The molecule has 3 aromatic carbocycles. The zero-order valence-electron chi connectivity index (χ0n) is 24.3. The molecule has 3 aromatic rings. The first-order valence-corrected chi connectivity index (χ1v) is 13.5. The van der Waals surface area contributed by atoms with Gasteiger partial charge in [-0.05, 0) is 42.0 Å². The third-order valence-electron chi connectivity index (χ3n) is 6.98. The molecule has 10 nitrogen and oxygen atoms in total. The zero-order valence-corrected chi connectivity index (χ0v) is 24.3. The highest BCUT2D eigenvalue weighted by Gasteiger charge is 2.29. The first-order chi connectivity index (χ1) is 20.4. The number of likely N-dealkylation sites (N-methyl/N-ethyl adjacent to an activating group) is 1. The number of anilines is 3. The molecule has 42 heavy (non-hydrogen) atoms. The standard InChI is InChI=1S/C32H36N4O6/c1-35(28(37)21-36(16-18-40-2)17-19-41-3)25-13-11-24(12-14-25)33-30(22-8-6-5-7-9-22)29-26-15-10-23(32(39)42-4)20-27(26)34-31(29)38/h5-15,20,33H,16-19,21H2,1-4H3,(H,34,38)/b30-29-. The van der Waals surface area contributed by atoms with Gasteiger partial charge in [-0.25, -0.2) is 4.79 Å². The van der Waals surface area contributed by atoms with Gasteiger partial charge in [0.1, 0.15) is 0 Å². The van der Waals surface area contributed by atoms with E-state index in [1.807, 2.05) is 59.5 Å². The summed E-state index contributed by atoms with van der Waals surface area (Å²) < 4.78 is 15.2. The third kappa shape index (κ3) is 7.22. The highest BCUT2D eigenvalue weighted by Crippen LogP contribution is 2.38. The van der Waals surface area contributed by atoms with Crippen LogP contribution in [0.3, 0.4) is 0 Å². The van der Waals surface area contributed by atoms with Crippen LogP contribution in [0, 0.1) is 0 Å². The molecular formula is C32H36N4O6. The number of hydrogen-bond donors (Lipinski definition) is 2.